The Hall–Kier alpha value is -2.52. The van der Waals surface area contributed by atoms with Crippen molar-refractivity contribution >= 4 is 29.2 Å². The fraction of sp³-hybridized carbons (Fsp3) is 0.389. The molecule has 0 aliphatic carbocycles. The van der Waals surface area contributed by atoms with E-state index >= 15 is 0 Å². The van der Waals surface area contributed by atoms with Crippen LogP contribution >= 0.6 is 11.6 Å². The molecule has 1 aliphatic rings. The molecule has 0 spiro atoms. The molecule has 1 amide bonds. The molecule has 0 radical (unpaired) electrons. The van der Waals surface area contributed by atoms with E-state index in [1.165, 1.54) is 6.20 Å². The van der Waals surface area contributed by atoms with Gasteiger partial charge in [0.05, 0.1) is 23.2 Å². The molecule has 1 aliphatic heterocycles. The van der Waals surface area contributed by atoms with Gasteiger partial charge in [0, 0.05) is 19.3 Å². The first-order chi connectivity index (χ1) is 12.1. The van der Waals surface area contributed by atoms with E-state index in [1.54, 1.807) is 36.1 Å². The van der Waals surface area contributed by atoms with Crippen LogP contribution in [0.4, 0.5) is 5.69 Å². The van der Waals surface area contributed by atoms with Gasteiger partial charge in [0.15, 0.2) is 0 Å². The number of nitrogens with zero attached hydrogens (tertiary/aromatic N) is 2. The van der Waals surface area contributed by atoms with Gasteiger partial charge in [-0.1, -0.05) is 23.7 Å². The zero-order valence-corrected chi connectivity index (χ0v) is 14.8. The monoisotopic (exact) mass is 361 g/mol. The first kappa shape index (κ1) is 18.8. The molecular formula is C18H20ClN3O3. The van der Waals surface area contributed by atoms with E-state index in [4.69, 9.17) is 16.3 Å². The Kier molecular flexibility index (Phi) is 6.84. The number of halogens is 1. The molecule has 0 atom stereocenters. The smallest absolute Gasteiger partial charge is 0.309 e. The number of ether oxygens (including phenoxy) is 1. The van der Waals surface area contributed by atoms with Gasteiger partial charge in [-0.2, -0.15) is 5.26 Å². The van der Waals surface area contributed by atoms with E-state index in [0.29, 0.717) is 43.2 Å². The summed E-state index contributed by atoms with van der Waals surface area (Å²) in [4.78, 5) is 25.8. The second-order valence-electron chi connectivity index (χ2n) is 5.61. The molecule has 1 aromatic rings. The van der Waals surface area contributed by atoms with Crippen LogP contribution in [0.5, 0.6) is 0 Å². The third-order valence-electron chi connectivity index (χ3n) is 4.00. The summed E-state index contributed by atoms with van der Waals surface area (Å²) in [6.45, 7) is 2.97. The van der Waals surface area contributed by atoms with Gasteiger partial charge in [-0.3, -0.25) is 9.59 Å². The number of carbonyl (C=O) groups excluding carboxylic acids is 2. The van der Waals surface area contributed by atoms with Crippen molar-refractivity contribution in [2.24, 2.45) is 5.92 Å². The molecule has 6 nitrogen and oxygen atoms in total. The number of para-hydroxylation sites is 1. The third-order valence-corrected chi connectivity index (χ3v) is 4.33. The lowest BCUT2D eigenvalue weighted by atomic mass is 9.96. The fourth-order valence-electron chi connectivity index (χ4n) is 2.62. The summed E-state index contributed by atoms with van der Waals surface area (Å²) in [5, 5.41) is 12.7. The molecule has 0 saturated carbocycles. The normalized spacial score (nSPS) is 15.4. The number of rotatable bonds is 5. The number of benzene rings is 1. The van der Waals surface area contributed by atoms with Gasteiger partial charge in [0.2, 0.25) is 0 Å². The van der Waals surface area contributed by atoms with Gasteiger partial charge in [-0.25, -0.2) is 0 Å². The summed E-state index contributed by atoms with van der Waals surface area (Å²) in [5.74, 6) is -0.754. The van der Waals surface area contributed by atoms with E-state index in [-0.39, 0.29) is 23.4 Å². The van der Waals surface area contributed by atoms with E-state index in [9.17, 15) is 14.9 Å². The van der Waals surface area contributed by atoms with Crippen LogP contribution in [0, 0.1) is 17.2 Å². The molecular weight excluding hydrogens is 342 g/mol. The summed E-state index contributed by atoms with van der Waals surface area (Å²) < 4.78 is 5.02. The van der Waals surface area contributed by atoms with Crippen molar-refractivity contribution in [1.29, 1.82) is 5.26 Å². The van der Waals surface area contributed by atoms with Crippen LogP contribution in [-0.4, -0.2) is 36.5 Å². The number of hydrogen-bond donors (Lipinski definition) is 1. The lowest BCUT2D eigenvalue weighted by molar-refractivity contribution is -0.150. The minimum atomic E-state index is -0.357. The number of anilines is 1. The summed E-state index contributed by atoms with van der Waals surface area (Å²) in [6.07, 6.45) is 2.45. The van der Waals surface area contributed by atoms with Crippen molar-refractivity contribution in [2.75, 3.05) is 25.0 Å². The third kappa shape index (κ3) is 4.97. The van der Waals surface area contributed by atoms with Crippen LogP contribution in [0.1, 0.15) is 19.8 Å². The van der Waals surface area contributed by atoms with Crippen LogP contribution in [0.25, 0.3) is 0 Å². The van der Waals surface area contributed by atoms with Crippen LogP contribution in [0.2, 0.25) is 5.02 Å². The highest BCUT2D eigenvalue weighted by atomic mass is 35.5. The van der Waals surface area contributed by atoms with Crippen molar-refractivity contribution in [1.82, 2.24) is 4.90 Å². The molecule has 0 unspecified atom stereocenters. The number of hydrogen-bond acceptors (Lipinski definition) is 5. The van der Waals surface area contributed by atoms with Gasteiger partial charge < -0.3 is 15.0 Å². The molecule has 1 saturated heterocycles. The number of piperidine rings is 1. The predicted octanol–water partition coefficient (Wildman–Crippen LogP) is 2.96. The zero-order valence-electron chi connectivity index (χ0n) is 14.0. The highest BCUT2D eigenvalue weighted by Gasteiger charge is 2.29. The van der Waals surface area contributed by atoms with Crippen LogP contribution in [0.3, 0.4) is 0 Å². The molecule has 25 heavy (non-hydrogen) atoms. The minimum absolute atomic E-state index is 0.00509. The molecule has 1 fully saturated rings. The first-order valence-corrected chi connectivity index (χ1v) is 8.51. The number of likely N-dealkylation sites (tertiary alicyclic amines) is 1. The van der Waals surface area contributed by atoms with E-state index in [2.05, 4.69) is 5.32 Å². The van der Waals surface area contributed by atoms with Crippen molar-refractivity contribution in [3.8, 4) is 6.07 Å². The van der Waals surface area contributed by atoms with Crippen molar-refractivity contribution in [2.45, 2.75) is 19.8 Å². The maximum atomic E-state index is 12.5. The second-order valence-corrected chi connectivity index (χ2v) is 6.02. The van der Waals surface area contributed by atoms with Gasteiger partial charge in [-0.15, -0.1) is 0 Å². The Morgan fingerprint density at radius 2 is 2.08 bits per heavy atom. The Morgan fingerprint density at radius 1 is 1.40 bits per heavy atom. The Morgan fingerprint density at radius 3 is 2.68 bits per heavy atom. The summed E-state index contributed by atoms with van der Waals surface area (Å²) in [6, 6.07) is 8.98. The maximum Gasteiger partial charge on any atom is 0.309 e. The van der Waals surface area contributed by atoms with Crippen LogP contribution in [0.15, 0.2) is 36.0 Å². The molecule has 1 N–H and O–H groups in total. The molecule has 1 aromatic carbocycles. The van der Waals surface area contributed by atoms with Gasteiger partial charge >= 0.3 is 5.97 Å². The Balaban J connectivity index is 1.97. The lowest BCUT2D eigenvalue weighted by Gasteiger charge is -2.30. The topological polar surface area (TPSA) is 82.4 Å². The highest BCUT2D eigenvalue weighted by Crippen LogP contribution is 2.22. The van der Waals surface area contributed by atoms with Gasteiger partial charge in [0.1, 0.15) is 11.6 Å². The molecule has 2 rings (SSSR count). The number of esters is 1. The largest absolute Gasteiger partial charge is 0.466 e. The van der Waals surface area contributed by atoms with Crippen molar-refractivity contribution in [3.63, 3.8) is 0 Å². The SMILES string of the molecule is CCOC(=O)C1CCN(C(=O)/C(C#N)=C\Nc2ccccc2Cl)CC1. The number of carbonyl (C=O) groups is 2. The summed E-state index contributed by atoms with van der Waals surface area (Å²) in [7, 11) is 0. The summed E-state index contributed by atoms with van der Waals surface area (Å²) in [5.41, 5.74) is 0.611. The van der Waals surface area contributed by atoms with Gasteiger partial charge in [-0.05, 0) is 31.9 Å². The average Bonchev–Trinajstić information content (AvgIpc) is 2.63. The Bertz CT molecular complexity index is 704. The first-order valence-electron chi connectivity index (χ1n) is 8.14. The van der Waals surface area contributed by atoms with Crippen LogP contribution in [-0.2, 0) is 14.3 Å². The average molecular weight is 362 g/mol. The quantitative estimate of drug-likeness (QED) is 0.495. The zero-order chi connectivity index (χ0) is 18.2. The predicted molar refractivity (Wildman–Crippen MR) is 94.7 cm³/mol. The molecule has 7 heteroatoms. The lowest BCUT2D eigenvalue weighted by Crippen LogP contribution is -2.41. The molecule has 0 aromatic heterocycles. The van der Waals surface area contributed by atoms with Gasteiger partial charge in [0.25, 0.3) is 5.91 Å². The number of amides is 1. The van der Waals surface area contributed by atoms with E-state index < -0.39 is 0 Å². The van der Waals surface area contributed by atoms with Crippen LogP contribution < -0.4 is 5.32 Å². The Labute approximate surface area is 152 Å². The molecule has 0 bridgehead atoms. The highest BCUT2D eigenvalue weighted by molar-refractivity contribution is 6.33. The second kappa shape index (κ2) is 9.09. The maximum absolute atomic E-state index is 12.5. The molecule has 1 heterocycles. The minimum Gasteiger partial charge on any atom is -0.466 e. The number of nitrogens with one attached hydrogen (secondary N) is 1. The van der Waals surface area contributed by atoms with Crippen molar-refractivity contribution < 1.29 is 14.3 Å². The summed E-state index contributed by atoms with van der Waals surface area (Å²) >= 11 is 6.04. The van der Waals surface area contributed by atoms with Crippen molar-refractivity contribution in [3.05, 3.63) is 41.1 Å². The standard InChI is InChI=1S/C18H20ClN3O3/c1-2-25-18(24)13-7-9-22(10-8-13)17(23)14(11-20)12-21-16-6-4-3-5-15(16)19/h3-6,12-13,21H,2,7-10H2,1H3/b14-12-. The number of nitriles is 1. The van der Waals surface area contributed by atoms with E-state index in [1.807, 2.05) is 6.07 Å². The van der Waals surface area contributed by atoms with E-state index in [0.717, 1.165) is 0 Å². The molecule has 132 valence electrons. The fourth-order valence-corrected chi connectivity index (χ4v) is 2.81.